The molecule has 5 aliphatic rings. The van der Waals surface area contributed by atoms with Crippen molar-refractivity contribution < 1.29 is 24.0 Å². The Balaban J connectivity index is 1.42. The third-order valence-corrected chi connectivity index (χ3v) is 14.0. The van der Waals surface area contributed by atoms with E-state index in [2.05, 4.69) is 45.8 Å². The van der Waals surface area contributed by atoms with Crippen LogP contribution in [0.25, 0.3) is 0 Å². The van der Waals surface area contributed by atoms with Crippen molar-refractivity contribution >= 4 is 17.5 Å². The normalized spacial score (nSPS) is 44.2. The summed E-state index contributed by atoms with van der Waals surface area (Å²) < 4.78 is 5.12. The van der Waals surface area contributed by atoms with Gasteiger partial charge < -0.3 is 14.5 Å². The van der Waals surface area contributed by atoms with E-state index in [-0.39, 0.29) is 51.5 Å². The van der Waals surface area contributed by atoms with Crippen molar-refractivity contribution in [1.82, 2.24) is 10.1 Å². The Morgan fingerprint density at radius 1 is 1.07 bits per heavy atom. The first-order chi connectivity index (χ1) is 20.3. The van der Waals surface area contributed by atoms with Crippen LogP contribution in [-0.4, -0.2) is 51.8 Å². The molecule has 1 N–H and O–H groups in total. The van der Waals surface area contributed by atoms with Gasteiger partial charge in [-0.3, -0.25) is 14.4 Å². The van der Waals surface area contributed by atoms with E-state index in [0.29, 0.717) is 19.4 Å². The first-order valence-electron chi connectivity index (χ1n) is 16.2. The number of aromatic nitrogens is 1. The molecule has 8 heteroatoms. The summed E-state index contributed by atoms with van der Waals surface area (Å²) in [7, 11) is 1.77. The first kappa shape index (κ1) is 31.0. The molecule has 0 radical (unpaired) electrons. The molecule has 0 unspecified atom stereocenters. The lowest BCUT2D eigenvalue weighted by Crippen LogP contribution is -2.74. The molecule has 0 saturated heterocycles. The maximum Gasteiger partial charge on any atom is 0.292 e. The number of carbonyl (C=O) groups is 3. The largest absolute Gasteiger partial charge is 0.381 e. The van der Waals surface area contributed by atoms with Crippen molar-refractivity contribution in [2.75, 3.05) is 13.6 Å². The summed E-state index contributed by atoms with van der Waals surface area (Å²) in [4.78, 5) is 42.7. The van der Waals surface area contributed by atoms with Crippen LogP contribution in [0.5, 0.6) is 0 Å². The molecule has 236 valence electrons. The van der Waals surface area contributed by atoms with E-state index in [1.807, 2.05) is 19.9 Å². The van der Waals surface area contributed by atoms with Crippen molar-refractivity contribution in [3.05, 3.63) is 41.3 Å². The average Bonchev–Trinajstić information content (AvgIpc) is 3.50. The number of hydrogen-bond donors (Lipinski definition) is 1. The summed E-state index contributed by atoms with van der Waals surface area (Å²) in [6.45, 7) is 15.2. The zero-order chi connectivity index (χ0) is 32.3. The van der Waals surface area contributed by atoms with Gasteiger partial charge in [0.1, 0.15) is 11.7 Å². The quantitative estimate of drug-likeness (QED) is 0.445. The minimum atomic E-state index is -1.58. The molecular formula is C36H47N3O5. The Morgan fingerprint density at radius 2 is 1.75 bits per heavy atom. The number of amides is 1. The molecule has 1 amide bonds. The number of carbonyl (C=O) groups excluding carboxylic acids is 3. The van der Waals surface area contributed by atoms with Gasteiger partial charge in [-0.25, -0.2) is 0 Å². The molecule has 44 heavy (non-hydrogen) atoms. The van der Waals surface area contributed by atoms with Crippen LogP contribution in [0.3, 0.4) is 0 Å². The Labute approximate surface area is 260 Å². The summed E-state index contributed by atoms with van der Waals surface area (Å²) in [6.07, 6.45) is 10.5. The second-order valence-corrected chi connectivity index (χ2v) is 16.7. The fourth-order valence-electron chi connectivity index (χ4n) is 11.1. The maximum absolute atomic E-state index is 14.7. The highest BCUT2D eigenvalue weighted by Crippen LogP contribution is 2.75. The fourth-order valence-corrected chi connectivity index (χ4v) is 11.1. The number of hydrogen-bond acceptors (Lipinski definition) is 7. The van der Waals surface area contributed by atoms with Gasteiger partial charge in [-0.2, -0.15) is 5.26 Å². The molecule has 1 heterocycles. The highest BCUT2D eigenvalue weighted by Gasteiger charge is 2.75. The lowest BCUT2D eigenvalue weighted by Gasteiger charge is -2.71. The predicted octanol–water partition coefficient (Wildman–Crippen LogP) is 6.08. The van der Waals surface area contributed by atoms with Gasteiger partial charge in [-0.05, 0) is 78.8 Å². The van der Waals surface area contributed by atoms with E-state index in [9.17, 15) is 24.8 Å². The summed E-state index contributed by atoms with van der Waals surface area (Å²) in [6, 6.07) is 3.72. The number of allylic oxidation sites excluding steroid dienone is 3. The molecule has 1 aromatic rings. The summed E-state index contributed by atoms with van der Waals surface area (Å²) in [5, 5.41) is 26.7. The van der Waals surface area contributed by atoms with Crippen molar-refractivity contribution in [2.45, 2.75) is 99.0 Å². The van der Waals surface area contributed by atoms with Gasteiger partial charge in [0.15, 0.2) is 11.6 Å². The second kappa shape index (κ2) is 9.25. The summed E-state index contributed by atoms with van der Waals surface area (Å²) >= 11 is 0. The van der Waals surface area contributed by atoms with E-state index < -0.39 is 27.3 Å². The predicted molar refractivity (Wildman–Crippen MR) is 164 cm³/mol. The summed E-state index contributed by atoms with van der Waals surface area (Å²) in [5.74, 6) is -0.754. The van der Waals surface area contributed by atoms with Gasteiger partial charge in [0, 0.05) is 41.8 Å². The number of nitrogens with zero attached hydrogens (tertiary/aromatic N) is 3. The molecule has 6 rings (SSSR count). The minimum Gasteiger partial charge on any atom is -0.381 e. The zero-order valence-electron chi connectivity index (χ0n) is 27.5. The van der Waals surface area contributed by atoms with Crippen LogP contribution >= 0.6 is 0 Å². The van der Waals surface area contributed by atoms with Gasteiger partial charge >= 0.3 is 0 Å². The third kappa shape index (κ3) is 3.71. The Morgan fingerprint density at radius 3 is 2.39 bits per heavy atom. The number of ketones is 2. The molecule has 3 saturated carbocycles. The zero-order valence-corrected chi connectivity index (χ0v) is 27.5. The molecule has 8 atom stereocenters. The van der Waals surface area contributed by atoms with Crippen molar-refractivity contribution in [3.63, 3.8) is 0 Å². The van der Waals surface area contributed by atoms with E-state index in [1.54, 1.807) is 24.1 Å². The van der Waals surface area contributed by atoms with E-state index in [1.165, 1.54) is 6.20 Å². The van der Waals surface area contributed by atoms with Gasteiger partial charge in [0.25, 0.3) is 5.91 Å². The van der Waals surface area contributed by atoms with Gasteiger partial charge in [-0.15, -0.1) is 0 Å². The van der Waals surface area contributed by atoms with E-state index in [0.717, 1.165) is 37.7 Å². The molecule has 0 bridgehead atoms. The van der Waals surface area contributed by atoms with Gasteiger partial charge in [-0.1, -0.05) is 59.7 Å². The lowest BCUT2D eigenvalue weighted by atomic mass is 9.33. The topological polar surface area (TPSA) is 124 Å². The van der Waals surface area contributed by atoms with Crippen LogP contribution in [0.2, 0.25) is 0 Å². The molecule has 3 fully saturated rings. The highest BCUT2D eigenvalue weighted by molar-refractivity contribution is 6.05. The molecule has 0 aromatic carbocycles. The Bertz CT molecular complexity index is 1550. The maximum atomic E-state index is 14.7. The molecule has 0 spiro atoms. The van der Waals surface area contributed by atoms with Crippen LogP contribution in [-0.2, 0) is 9.59 Å². The molecular weight excluding hydrogens is 554 g/mol. The molecule has 0 aliphatic heterocycles. The Kier molecular flexibility index (Phi) is 6.51. The van der Waals surface area contributed by atoms with E-state index >= 15 is 0 Å². The number of fused-ring (bicyclic) bond motifs is 7. The van der Waals surface area contributed by atoms with Crippen LogP contribution in [0, 0.1) is 55.7 Å². The number of aliphatic hydroxyl groups is 1. The molecule has 8 nitrogen and oxygen atoms in total. The third-order valence-electron chi connectivity index (χ3n) is 14.0. The number of rotatable bonds is 3. The summed E-state index contributed by atoms with van der Waals surface area (Å²) in [5.41, 5.74) is -3.62. The molecule has 5 aliphatic carbocycles. The average molecular weight is 602 g/mol. The van der Waals surface area contributed by atoms with Gasteiger partial charge in [0.2, 0.25) is 5.76 Å². The standard InChI is InChI=1S/C36H47N3O5/c1-30(2)24-9-11-34(6)25(33(24,5)18-22(20-37)28(30)41)17-27(40)36(43)26-19-31(3,12-13-32(26,4)14-15-35(34,36)7)21-39(8)29(42)23-10-16-38-44-23/h10,16-18,24,26,43H,9,11-15,19,21H2,1-8H3/t24-,26+,31-,32+,33-,34+,35-,36+/m0/s1. The lowest BCUT2D eigenvalue weighted by molar-refractivity contribution is -0.243. The molecule has 1 aromatic heterocycles. The second-order valence-electron chi connectivity index (χ2n) is 16.7. The van der Waals surface area contributed by atoms with Crippen molar-refractivity contribution in [1.29, 1.82) is 5.26 Å². The van der Waals surface area contributed by atoms with Crippen LogP contribution in [0.15, 0.2) is 40.1 Å². The SMILES string of the molecule is CN(C[C@@]1(C)CC[C@]2(C)CC[C@@]3(C)[C@]4(C)CC[C@H]5C(C)(C)C(=O)C(C#N)=C[C@]5(C)C4=CC(=O)[C@]3(O)[C@@H]2C1)C(=O)c1ccno1. The van der Waals surface area contributed by atoms with E-state index in [4.69, 9.17) is 4.52 Å². The monoisotopic (exact) mass is 601 g/mol. The van der Waals surface area contributed by atoms with Crippen molar-refractivity contribution in [3.8, 4) is 6.07 Å². The van der Waals surface area contributed by atoms with Gasteiger partial charge in [0.05, 0.1) is 11.8 Å². The van der Waals surface area contributed by atoms with Crippen LogP contribution in [0.1, 0.15) is 104 Å². The smallest absolute Gasteiger partial charge is 0.292 e. The Hall–Kier alpha value is -3.05. The first-order valence-corrected chi connectivity index (χ1v) is 16.2. The van der Waals surface area contributed by atoms with Crippen molar-refractivity contribution in [2.24, 2.45) is 44.3 Å². The highest BCUT2D eigenvalue weighted by atomic mass is 16.5. The number of nitriles is 1. The van der Waals surface area contributed by atoms with Crippen LogP contribution in [0.4, 0.5) is 0 Å². The van der Waals surface area contributed by atoms with Crippen LogP contribution < -0.4 is 0 Å². The number of Topliss-reactive ketones (excluding diaryl/α,β-unsaturated/α-hetero) is 1. The fraction of sp³-hybridized carbons (Fsp3) is 0.694. The minimum absolute atomic E-state index is 0.0502.